The molecule has 0 unspecified atom stereocenters. The molecule has 2 rings (SSSR count). The Morgan fingerprint density at radius 3 is 1.90 bits per heavy atom. The van der Waals surface area contributed by atoms with Crippen LogP contribution in [0.2, 0.25) is 0 Å². The third kappa shape index (κ3) is 6.53. The number of ketones is 1. The molecule has 0 aliphatic heterocycles. The van der Waals surface area contributed by atoms with Crippen LogP contribution in [0.4, 0.5) is 0 Å². The maximum atomic E-state index is 11.5. The molecular weight excluding hydrogens is 268 g/mol. The summed E-state index contributed by atoms with van der Waals surface area (Å²) in [7, 11) is 0. The zero-order valence-electron chi connectivity index (χ0n) is 12.1. The number of hydrogen-bond donors (Lipinski definition) is 0. The Bertz CT molecular complexity index is 503. The number of halogens is 1. The summed E-state index contributed by atoms with van der Waals surface area (Å²) in [5.41, 5.74) is 3.28. The zero-order chi connectivity index (χ0) is 14.8. The van der Waals surface area contributed by atoms with Crippen molar-refractivity contribution in [3.8, 4) is 0 Å². The Hall–Kier alpha value is -1.60. The quantitative estimate of drug-likeness (QED) is 0.559. The van der Waals surface area contributed by atoms with Crippen LogP contribution >= 0.6 is 11.6 Å². The molecule has 2 aromatic rings. The molecule has 0 aliphatic rings. The lowest BCUT2D eigenvalue weighted by atomic mass is 10.1. The van der Waals surface area contributed by atoms with Crippen LogP contribution < -0.4 is 0 Å². The van der Waals surface area contributed by atoms with E-state index in [9.17, 15) is 4.79 Å². The molecule has 0 atom stereocenters. The monoisotopic (exact) mass is 288 g/mol. The number of hydrogen-bond acceptors (Lipinski definition) is 1. The van der Waals surface area contributed by atoms with Crippen molar-refractivity contribution in [2.45, 2.75) is 26.7 Å². The van der Waals surface area contributed by atoms with Gasteiger partial charge in [-0.2, -0.15) is 0 Å². The van der Waals surface area contributed by atoms with Crippen LogP contribution in [0, 0.1) is 13.8 Å². The average Bonchev–Trinajstić information content (AvgIpc) is 2.47. The van der Waals surface area contributed by atoms with Crippen molar-refractivity contribution in [3.05, 3.63) is 71.3 Å². The Morgan fingerprint density at radius 1 is 0.900 bits per heavy atom. The topological polar surface area (TPSA) is 17.1 Å². The molecule has 0 N–H and O–H groups in total. The predicted octanol–water partition coefficient (Wildman–Crippen LogP) is 5.19. The van der Waals surface area contributed by atoms with Gasteiger partial charge in [0, 0.05) is 17.9 Å². The number of alkyl halides is 1. The normalized spacial score (nSPS) is 9.55. The zero-order valence-corrected chi connectivity index (χ0v) is 12.9. The molecule has 0 fully saturated rings. The van der Waals surface area contributed by atoms with E-state index in [1.54, 1.807) is 0 Å². The number of rotatable bonds is 4. The maximum absolute atomic E-state index is 11.5. The van der Waals surface area contributed by atoms with Gasteiger partial charge in [-0.3, -0.25) is 4.79 Å². The Labute approximate surface area is 126 Å². The lowest BCUT2D eigenvalue weighted by Crippen LogP contribution is -1.98. The van der Waals surface area contributed by atoms with E-state index in [2.05, 4.69) is 19.1 Å². The van der Waals surface area contributed by atoms with Crippen molar-refractivity contribution in [3.63, 3.8) is 0 Å². The number of carbonyl (C=O) groups is 1. The van der Waals surface area contributed by atoms with Crippen LogP contribution in [0.1, 0.15) is 34.3 Å². The molecule has 20 heavy (non-hydrogen) atoms. The summed E-state index contributed by atoms with van der Waals surface area (Å²) in [6.07, 6.45) is 1.31. The van der Waals surface area contributed by atoms with Gasteiger partial charge < -0.3 is 0 Å². The molecule has 2 heteroatoms. The first-order valence-corrected chi connectivity index (χ1v) is 7.34. The lowest BCUT2D eigenvalue weighted by molar-refractivity contribution is 0.0982. The first-order valence-electron chi connectivity index (χ1n) is 6.81. The van der Waals surface area contributed by atoms with Gasteiger partial charge in [0.2, 0.25) is 0 Å². The molecule has 0 aliphatic carbocycles. The summed E-state index contributed by atoms with van der Waals surface area (Å²) in [6.45, 7) is 4.09. The van der Waals surface area contributed by atoms with Gasteiger partial charge in [0.1, 0.15) is 0 Å². The van der Waals surface area contributed by atoms with Gasteiger partial charge in [0.05, 0.1) is 0 Å². The van der Waals surface area contributed by atoms with Crippen molar-refractivity contribution in [1.29, 1.82) is 0 Å². The molecular formula is C18H21ClO. The maximum Gasteiger partial charge on any atom is 0.162 e. The molecule has 0 heterocycles. The van der Waals surface area contributed by atoms with Crippen molar-refractivity contribution in [2.75, 3.05) is 5.88 Å². The molecule has 0 amide bonds. The van der Waals surface area contributed by atoms with E-state index in [1.165, 1.54) is 11.1 Å². The second-order valence-electron chi connectivity index (χ2n) is 4.74. The van der Waals surface area contributed by atoms with E-state index in [4.69, 9.17) is 11.6 Å². The lowest BCUT2D eigenvalue weighted by Gasteiger charge is -1.99. The molecule has 0 aromatic heterocycles. The number of benzene rings is 2. The minimum Gasteiger partial charge on any atom is -0.294 e. The highest BCUT2D eigenvalue weighted by molar-refractivity contribution is 6.18. The van der Waals surface area contributed by atoms with Crippen LogP contribution in [0.3, 0.4) is 0 Å². The first kappa shape index (κ1) is 16.5. The van der Waals surface area contributed by atoms with Crippen molar-refractivity contribution in [2.24, 2.45) is 0 Å². The molecule has 0 bridgehead atoms. The molecule has 0 saturated carbocycles. The Balaban J connectivity index is 0.000000240. The second-order valence-corrected chi connectivity index (χ2v) is 5.11. The molecule has 0 saturated heterocycles. The fraction of sp³-hybridized carbons (Fsp3) is 0.278. The number of carbonyl (C=O) groups excluding carboxylic acids is 1. The van der Waals surface area contributed by atoms with Gasteiger partial charge in [-0.15, -0.1) is 11.6 Å². The minimum atomic E-state index is 0.181. The smallest absolute Gasteiger partial charge is 0.162 e. The van der Waals surface area contributed by atoms with Gasteiger partial charge >= 0.3 is 0 Å². The van der Waals surface area contributed by atoms with Gasteiger partial charge in [0.25, 0.3) is 0 Å². The highest BCUT2D eigenvalue weighted by Crippen LogP contribution is 2.07. The predicted molar refractivity (Wildman–Crippen MR) is 86.6 cm³/mol. The van der Waals surface area contributed by atoms with Crippen LogP contribution in [0.5, 0.6) is 0 Å². The van der Waals surface area contributed by atoms with E-state index >= 15 is 0 Å². The Morgan fingerprint density at radius 2 is 1.45 bits per heavy atom. The molecule has 0 radical (unpaired) electrons. The average molecular weight is 289 g/mol. The fourth-order valence-corrected chi connectivity index (χ4v) is 1.78. The van der Waals surface area contributed by atoms with Crippen LogP contribution in [0.15, 0.2) is 54.6 Å². The van der Waals surface area contributed by atoms with Gasteiger partial charge in [0.15, 0.2) is 5.78 Å². The Kier molecular flexibility index (Phi) is 7.67. The summed E-state index contributed by atoms with van der Waals surface area (Å²) in [5, 5.41) is 0. The van der Waals surface area contributed by atoms with E-state index in [-0.39, 0.29) is 5.78 Å². The summed E-state index contributed by atoms with van der Waals surface area (Å²) in [5.74, 6) is 0.734. The van der Waals surface area contributed by atoms with Gasteiger partial charge in [-0.05, 0) is 20.3 Å². The molecule has 0 spiro atoms. The molecule has 106 valence electrons. The van der Waals surface area contributed by atoms with Crippen molar-refractivity contribution < 1.29 is 4.79 Å². The van der Waals surface area contributed by atoms with Gasteiger partial charge in [-0.25, -0.2) is 0 Å². The van der Waals surface area contributed by atoms with Crippen molar-refractivity contribution >= 4 is 17.4 Å². The highest BCUT2D eigenvalue weighted by atomic mass is 35.5. The van der Waals surface area contributed by atoms with E-state index in [1.807, 2.05) is 49.4 Å². The summed E-state index contributed by atoms with van der Waals surface area (Å²) >= 11 is 5.51. The SMILES string of the molecule is Cc1ccc(C(=O)CCCCl)cc1.Cc1ccccc1. The standard InChI is InChI=1S/C11H13ClO.C7H8/c1-9-4-6-10(7-5-9)11(13)3-2-8-12;1-7-5-3-2-4-6-7/h4-7H,2-3,8H2,1H3;2-6H,1H3. The summed E-state index contributed by atoms with van der Waals surface area (Å²) < 4.78 is 0. The third-order valence-corrected chi connectivity index (χ3v) is 3.12. The summed E-state index contributed by atoms with van der Waals surface area (Å²) in [6, 6.07) is 17.9. The van der Waals surface area contributed by atoms with Crippen LogP contribution in [-0.2, 0) is 0 Å². The third-order valence-electron chi connectivity index (χ3n) is 2.85. The molecule has 2 aromatic carbocycles. The minimum absolute atomic E-state index is 0.181. The summed E-state index contributed by atoms with van der Waals surface area (Å²) in [4.78, 5) is 11.5. The van der Waals surface area contributed by atoms with E-state index in [0.29, 0.717) is 12.3 Å². The van der Waals surface area contributed by atoms with Crippen LogP contribution in [-0.4, -0.2) is 11.7 Å². The fourth-order valence-electron chi connectivity index (χ4n) is 1.65. The van der Waals surface area contributed by atoms with Crippen LogP contribution in [0.25, 0.3) is 0 Å². The highest BCUT2D eigenvalue weighted by Gasteiger charge is 2.03. The van der Waals surface area contributed by atoms with E-state index < -0.39 is 0 Å². The molecule has 1 nitrogen and oxygen atoms in total. The number of aryl methyl sites for hydroxylation is 2. The van der Waals surface area contributed by atoms with Crippen molar-refractivity contribution in [1.82, 2.24) is 0 Å². The van der Waals surface area contributed by atoms with Gasteiger partial charge in [-0.1, -0.05) is 65.7 Å². The number of Topliss-reactive ketones (excluding diaryl/α,β-unsaturated/α-hetero) is 1. The largest absolute Gasteiger partial charge is 0.294 e. The first-order chi connectivity index (χ1) is 9.63. The van der Waals surface area contributed by atoms with E-state index in [0.717, 1.165) is 12.0 Å². The second kappa shape index (κ2) is 9.33.